The van der Waals surface area contributed by atoms with Crippen molar-refractivity contribution in [2.45, 2.75) is 12.8 Å². The first kappa shape index (κ1) is 21.2. The van der Waals surface area contributed by atoms with Crippen molar-refractivity contribution in [3.8, 4) is 11.5 Å². The van der Waals surface area contributed by atoms with Crippen LogP contribution in [0.1, 0.15) is 11.1 Å². The predicted molar refractivity (Wildman–Crippen MR) is 114 cm³/mol. The first-order valence-corrected chi connectivity index (χ1v) is 9.71. The summed E-state index contributed by atoms with van der Waals surface area (Å²) in [6.07, 6.45) is 7.86. The van der Waals surface area contributed by atoms with Gasteiger partial charge in [-0.2, -0.15) is 0 Å². The molecule has 6 heteroatoms. The van der Waals surface area contributed by atoms with Gasteiger partial charge < -0.3 is 18.9 Å². The Hall–Kier alpha value is -3.54. The monoisotopic (exact) mass is 408 g/mol. The molecule has 0 N–H and O–H groups in total. The van der Waals surface area contributed by atoms with E-state index in [0.29, 0.717) is 12.8 Å². The van der Waals surface area contributed by atoms with Gasteiger partial charge in [-0.15, -0.1) is 0 Å². The molecule has 0 radical (unpaired) electrons. The van der Waals surface area contributed by atoms with Crippen LogP contribution in [0.25, 0.3) is 10.8 Å². The Morgan fingerprint density at radius 1 is 0.767 bits per heavy atom. The number of carbonyl (C=O) groups is 2. The molecule has 0 saturated heterocycles. The molecular weight excluding hydrogens is 384 g/mol. The SMILES string of the molecule is C=CC(=O)OCCOc1c2c(c(OCCOC(=O)C=C)c3ccccc13)CC=CC2. The predicted octanol–water partition coefficient (Wildman–Crippen LogP) is 3.71. The van der Waals surface area contributed by atoms with Gasteiger partial charge in [-0.1, -0.05) is 49.6 Å². The van der Waals surface area contributed by atoms with Gasteiger partial charge in [-0.05, 0) is 12.8 Å². The van der Waals surface area contributed by atoms with Crippen LogP contribution in [0.2, 0.25) is 0 Å². The Kier molecular flexibility index (Phi) is 7.27. The Balaban J connectivity index is 1.87. The molecule has 0 fully saturated rings. The van der Waals surface area contributed by atoms with Crippen molar-refractivity contribution in [1.82, 2.24) is 0 Å². The molecule has 0 aromatic heterocycles. The topological polar surface area (TPSA) is 71.1 Å². The molecule has 0 atom stereocenters. The fraction of sp³-hybridized carbons (Fsp3) is 0.250. The van der Waals surface area contributed by atoms with E-state index in [1.54, 1.807) is 0 Å². The highest BCUT2D eigenvalue weighted by Gasteiger charge is 2.22. The van der Waals surface area contributed by atoms with Crippen molar-refractivity contribution in [2.24, 2.45) is 0 Å². The van der Waals surface area contributed by atoms with Gasteiger partial charge in [0.25, 0.3) is 0 Å². The second-order valence-electron chi connectivity index (χ2n) is 6.48. The van der Waals surface area contributed by atoms with Crippen molar-refractivity contribution in [3.05, 3.63) is 72.9 Å². The van der Waals surface area contributed by atoms with E-state index in [0.717, 1.165) is 45.6 Å². The Labute approximate surface area is 175 Å². The Morgan fingerprint density at radius 2 is 1.20 bits per heavy atom. The molecule has 3 rings (SSSR count). The maximum absolute atomic E-state index is 11.2. The number of carbonyl (C=O) groups excluding carboxylic acids is 2. The lowest BCUT2D eigenvalue weighted by molar-refractivity contribution is -0.139. The Morgan fingerprint density at radius 3 is 1.60 bits per heavy atom. The molecule has 156 valence electrons. The van der Waals surface area contributed by atoms with E-state index in [1.165, 1.54) is 0 Å². The van der Waals surface area contributed by atoms with E-state index < -0.39 is 11.9 Å². The van der Waals surface area contributed by atoms with Crippen LogP contribution in [0, 0.1) is 0 Å². The van der Waals surface area contributed by atoms with Crippen LogP contribution in [-0.2, 0) is 31.9 Å². The van der Waals surface area contributed by atoms with Crippen LogP contribution in [0.3, 0.4) is 0 Å². The maximum atomic E-state index is 11.2. The minimum atomic E-state index is -0.477. The summed E-state index contributed by atoms with van der Waals surface area (Å²) in [6, 6.07) is 7.83. The highest BCUT2D eigenvalue weighted by Crippen LogP contribution is 2.43. The lowest BCUT2D eigenvalue weighted by Crippen LogP contribution is -2.14. The van der Waals surface area contributed by atoms with Gasteiger partial charge >= 0.3 is 11.9 Å². The standard InChI is InChI=1S/C24H24O6/c1-3-21(25)27-13-15-29-23-17-9-5-7-11-19(17)24(20-12-8-6-10-18(20)23)30-16-14-28-22(26)4-2/h3-9,11H,1-2,10,12-16H2. The molecule has 0 saturated carbocycles. The van der Waals surface area contributed by atoms with Crippen LogP contribution < -0.4 is 9.47 Å². The highest BCUT2D eigenvalue weighted by atomic mass is 16.6. The fourth-order valence-electron chi connectivity index (χ4n) is 3.33. The lowest BCUT2D eigenvalue weighted by atomic mass is 9.90. The molecule has 2 aromatic carbocycles. The number of benzene rings is 2. The van der Waals surface area contributed by atoms with E-state index >= 15 is 0 Å². The Bertz CT molecular complexity index is 910. The summed E-state index contributed by atoms with van der Waals surface area (Å²) in [5.41, 5.74) is 2.09. The summed E-state index contributed by atoms with van der Waals surface area (Å²) in [5.74, 6) is 0.582. The summed E-state index contributed by atoms with van der Waals surface area (Å²) < 4.78 is 22.2. The zero-order valence-electron chi connectivity index (χ0n) is 16.7. The number of ether oxygens (including phenoxy) is 4. The lowest BCUT2D eigenvalue weighted by Gasteiger charge is -2.23. The third-order valence-corrected chi connectivity index (χ3v) is 4.62. The number of esters is 2. The van der Waals surface area contributed by atoms with Gasteiger partial charge in [0.2, 0.25) is 0 Å². The zero-order chi connectivity index (χ0) is 21.3. The van der Waals surface area contributed by atoms with Crippen molar-refractivity contribution >= 4 is 22.7 Å². The number of hydrogen-bond acceptors (Lipinski definition) is 6. The van der Waals surface area contributed by atoms with Crippen molar-refractivity contribution < 1.29 is 28.5 Å². The maximum Gasteiger partial charge on any atom is 0.330 e. The summed E-state index contributed by atoms with van der Waals surface area (Å²) in [7, 11) is 0. The molecule has 0 unspecified atom stereocenters. The first-order valence-electron chi connectivity index (χ1n) is 9.71. The smallest absolute Gasteiger partial charge is 0.330 e. The quantitative estimate of drug-likeness (QED) is 0.258. The first-order chi connectivity index (χ1) is 14.7. The summed E-state index contributed by atoms with van der Waals surface area (Å²) in [5, 5.41) is 1.83. The second kappa shape index (κ2) is 10.3. The van der Waals surface area contributed by atoms with E-state index in [-0.39, 0.29) is 26.4 Å². The van der Waals surface area contributed by atoms with Gasteiger partial charge in [0.05, 0.1) is 0 Å². The molecule has 0 heterocycles. The van der Waals surface area contributed by atoms with Crippen LogP contribution in [-0.4, -0.2) is 38.4 Å². The fourth-order valence-corrected chi connectivity index (χ4v) is 3.33. The van der Waals surface area contributed by atoms with Gasteiger partial charge in [0.1, 0.15) is 37.9 Å². The molecule has 30 heavy (non-hydrogen) atoms. The normalized spacial score (nSPS) is 12.0. The number of hydrogen-bond donors (Lipinski definition) is 0. The third-order valence-electron chi connectivity index (χ3n) is 4.62. The van der Waals surface area contributed by atoms with Gasteiger partial charge in [0.15, 0.2) is 0 Å². The molecule has 2 aromatic rings. The average Bonchev–Trinajstić information content (AvgIpc) is 2.79. The number of allylic oxidation sites excluding steroid dienone is 2. The van der Waals surface area contributed by atoms with E-state index in [2.05, 4.69) is 25.3 Å². The minimum Gasteiger partial charge on any atom is -0.489 e. The van der Waals surface area contributed by atoms with E-state index in [1.807, 2.05) is 24.3 Å². The number of rotatable bonds is 10. The zero-order valence-corrected chi connectivity index (χ0v) is 16.7. The van der Waals surface area contributed by atoms with Crippen molar-refractivity contribution in [3.63, 3.8) is 0 Å². The summed E-state index contributed by atoms with van der Waals surface area (Å²) in [4.78, 5) is 22.5. The van der Waals surface area contributed by atoms with E-state index in [9.17, 15) is 9.59 Å². The second-order valence-corrected chi connectivity index (χ2v) is 6.48. The van der Waals surface area contributed by atoms with E-state index in [4.69, 9.17) is 18.9 Å². The van der Waals surface area contributed by atoms with Gasteiger partial charge in [-0.3, -0.25) is 0 Å². The van der Waals surface area contributed by atoms with Crippen LogP contribution in [0.4, 0.5) is 0 Å². The van der Waals surface area contributed by atoms with Crippen molar-refractivity contribution in [1.29, 1.82) is 0 Å². The summed E-state index contributed by atoms with van der Waals surface area (Å²) >= 11 is 0. The van der Waals surface area contributed by atoms with Crippen LogP contribution in [0.5, 0.6) is 11.5 Å². The largest absolute Gasteiger partial charge is 0.489 e. The highest BCUT2D eigenvalue weighted by molar-refractivity contribution is 5.96. The van der Waals surface area contributed by atoms with Crippen molar-refractivity contribution in [2.75, 3.05) is 26.4 Å². The molecule has 0 amide bonds. The third kappa shape index (κ3) is 4.89. The van der Waals surface area contributed by atoms with Gasteiger partial charge in [-0.25, -0.2) is 9.59 Å². The molecule has 1 aliphatic rings. The van der Waals surface area contributed by atoms with Gasteiger partial charge in [0, 0.05) is 34.1 Å². The molecule has 0 bridgehead atoms. The molecular formula is C24H24O6. The number of fused-ring (bicyclic) bond motifs is 2. The van der Waals surface area contributed by atoms with Crippen LogP contribution in [0.15, 0.2) is 61.7 Å². The molecule has 6 nitrogen and oxygen atoms in total. The molecule has 0 aliphatic heterocycles. The summed E-state index contributed by atoms with van der Waals surface area (Å²) in [6.45, 7) is 7.50. The molecule has 0 spiro atoms. The van der Waals surface area contributed by atoms with Crippen LogP contribution >= 0.6 is 0 Å². The minimum absolute atomic E-state index is 0.136. The molecule has 1 aliphatic carbocycles. The average molecular weight is 408 g/mol.